The third-order valence-electron chi connectivity index (χ3n) is 3.38. The fourth-order valence-corrected chi connectivity index (χ4v) is 2.78. The SMILES string of the molecule is O=C(Nc1nncs1)[C@@H]1C[C@H]1c1ccccc1C(F)(F)F. The molecule has 8 heteroatoms. The molecule has 1 aliphatic rings. The van der Waals surface area contributed by atoms with Gasteiger partial charge in [-0.3, -0.25) is 4.79 Å². The Bertz CT molecular complexity index is 657. The molecule has 0 saturated heterocycles. The van der Waals surface area contributed by atoms with Crippen LogP contribution in [-0.2, 0) is 11.0 Å². The van der Waals surface area contributed by atoms with E-state index in [1.165, 1.54) is 29.0 Å². The highest BCUT2D eigenvalue weighted by Gasteiger charge is 2.47. The van der Waals surface area contributed by atoms with Crippen LogP contribution in [0, 0.1) is 5.92 Å². The average molecular weight is 313 g/mol. The molecule has 1 aromatic heterocycles. The minimum atomic E-state index is -4.40. The van der Waals surface area contributed by atoms with Crippen molar-refractivity contribution in [3.05, 3.63) is 40.9 Å². The molecule has 0 aliphatic heterocycles. The summed E-state index contributed by atoms with van der Waals surface area (Å²) < 4.78 is 38.9. The zero-order valence-electron chi connectivity index (χ0n) is 10.6. The van der Waals surface area contributed by atoms with Gasteiger partial charge < -0.3 is 5.32 Å². The number of carbonyl (C=O) groups excluding carboxylic acids is 1. The van der Waals surface area contributed by atoms with Gasteiger partial charge in [-0.1, -0.05) is 29.5 Å². The summed E-state index contributed by atoms with van der Waals surface area (Å²) in [4.78, 5) is 12.0. The summed E-state index contributed by atoms with van der Waals surface area (Å²) in [5, 5.41) is 10.2. The van der Waals surface area contributed by atoms with Gasteiger partial charge in [0.15, 0.2) is 0 Å². The van der Waals surface area contributed by atoms with E-state index in [9.17, 15) is 18.0 Å². The highest BCUT2D eigenvalue weighted by Crippen LogP contribution is 2.51. The molecule has 1 aromatic carbocycles. The number of carbonyl (C=O) groups is 1. The molecule has 1 saturated carbocycles. The zero-order chi connectivity index (χ0) is 15.0. The van der Waals surface area contributed by atoms with Gasteiger partial charge in [-0.05, 0) is 24.0 Å². The van der Waals surface area contributed by atoms with Crippen molar-refractivity contribution in [1.82, 2.24) is 10.2 Å². The van der Waals surface area contributed by atoms with Crippen LogP contribution in [-0.4, -0.2) is 16.1 Å². The minimum Gasteiger partial charge on any atom is -0.300 e. The molecular formula is C13H10F3N3OS. The second kappa shape index (κ2) is 5.10. The fraction of sp³-hybridized carbons (Fsp3) is 0.308. The molecule has 1 heterocycles. The van der Waals surface area contributed by atoms with Crippen molar-refractivity contribution in [2.45, 2.75) is 18.5 Å². The number of nitrogens with zero attached hydrogens (tertiary/aromatic N) is 2. The third-order valence-corrected chi connectivity index (χ3v) is 3.99. The number of alkyl halides is 3. The molecule has 0 spiro atoms. The van der Waals surface area contributed by atoms with Crippen LogP contribution in [0.1, 0.15) is 23.5 Å². The summed E-state index contributed by atoms with van der Waals surface area (Å²) in [6.45, 7) is 0. The number of amides is 1. The van der Waals surface area contributed by atoms with E-state index in [1.807, 2.05) is 0 Å². The molecule has 0 bridgehead atoms. The van der Waals surface area contributed by atoms with Gasteiger partial charge in [0.25, 0.3) is 0 Å². The Morgan fingerprint density at radius 3 is 2.76 bits per heavy atom. The lowest BCUT2D eigenvalue weighted by molar-refractivity contribution is -0.138. The van der Waals surface area contributed by atoms with Gasteiger partial charge in [-0.2, -0.15) is 13.2 Å². The molecule has 1 amide bonds. The summed E-state index contributed by atoms with van der Waals surface area (Å²) in [7, 11) is 0. The van der Waals surface area contributed by atoms with Crippen molar-refractivity contribution in [3.8, 4) is 0 Å². The van der Waals surface area contributed by atoms with E-state index in [4.69, 9.17) is 0 Å². The predicted molar refractivity (Wildman–Crippen MR) is 70.8 cm³/mol. The highest BCUT2D eigenvalue weighted by molar-refractivity contribution is 7.13. The lowest BCUT2D eigenvalue weighted by Gasteiger charge is -2.12. The molecule has 1 N–H and O–H groups in total. The van der Waals surface area contributed by atoms with E-state index >= 15 is 0 Å². The third kappa shape index (κ3) is 2.90. The molecule has 1 fully saturated rings. The lowest BCUT2D eigenvalue weighted by Crippen LogP contribution is -2.15. The number of hydrogen-bond donors (Lipinski definition) is 1. The smallest absolute Gasteiger partial charge is 0.300 e. The van der Waals surface area contributed by atoms with Crippen LogP contribution >= 0.6 is 11.3 Å². The van der Waals surface area contributed by atoms with Crippen molar-refractivity contribution in [3.63, 3.8) is 0 Å². The predicted octanol–water partition coefficient (Wildman–Crippen LogP) is 3.30. The Morgan fingerprint density at radius 1 is 1.33 bits per heavy atom. The van der Waals surface area contributed by atoms with Gasteiger partial charge in [-0.25, -0.2) is 0 Å². The lowest BCUT2D eigenvalue weighted by atomic mass is 10.0. The van der Waals surface area contributed by atoms with Crippen LogP contribution < -0.4 is 5.32 Å². The van der Waals surface area contributed by atoms with Gasteiger partial charge in [0, 0.05) is 5.92 Å². The Balaban J connectivity index is 1.75. The Labute approximate surface area is 122 Å². The summed E-state index contributed by atoms with van der Waals surface area (Å²) in [5.41, 5.74) is 0.988. The van der Waals surface area contributed by atoms with Crippen molar-refractivity contribution in [1.29, 1.82) is 0 Å². The first-order valence-corrected chi connectivity index (χ1v) is 7.08. The Morgan fingerprint density at radius 2 is 2.10 bits per heavy atom. The topological polar surface area (TPSA) is 54.9 Å². The quantitative estimate of drug-likeness (QED) is 0.946. The van der Waals surface area contributed by atoms with Crippen LogP contribution in [0.5, 0.6) is 0 Å². The maximum absolute atomic E-state index is 13.0. The molecule has 0 radical (unpaired) electrons. The first kappa shape index (κ1) is 14.0. The molecule has 0 unspecified atom stereocenters. The van der Waals surface area contributed by atoms with E-state index in [1.54, 1.807) is 6.07 Å². The van der Waals surface area contributed by atoms with Gasteiger partial charge in [0.05, 0.1) is 5.56 Å². The van der Waals surface area contributed by atoms with E-state index < -0.39 is 23.6 Å². The van der Waals surface area contributed by atoms with Gasteiger partial charge in [0.2, 0.25) is 11.0 Å². The first-order valence-electron chi connectivity index (χ1n) is 6.20. The van der Waals surface area contributed by atoms with Crippen LogP contribution in [0.15, 0.2) is 29.8 Å². The summed E-state index contributed by atoms with van der Waals surface area (Å²) in [6, 6.07) is 5.40. The highest BCUT2D eigenvalue weighted by atomic mass is 32.1. The summed E-state index contributed by atoms with van der Waals surface area (Å²) in [5.74, 6) is -1.15. The van der Waals surface area contributed by atoms with Crippen LogP contribution in [0.2, 0.25) is 0 Å². The zero-order valence-corrected chi connectivity index (χ0v) is 11.4. The summed E-state index contributed by atoms with van der Waals surface area (Å²) in [6.07, 6.45) is -3.99. The molecule has 3 rings (SSSR count). The standard InChI is InChI=1S/C13H10F3N3OS/c14-13(15,16)10-4-2-1-3-7(10)8-5-9(8)11(20)18-12-19-17-6-21-12/h1-4,6,8-9H,5H2,(H,18,19,20)/t8-,9+/m0/s1. The monoisotopic (exact) mass is 313 g/mol. The Hall–Kier alpha value is -1.96. The van der Waals surface area contributed by atoms with Crippen LogP contribution in [0.25, 0.3) is 0 Å². The second-order valence-corrected chi connectivity index (χ2v) is 5.60. The summed E-state index contributed by atoms with van der Waals surface area (Å²) >= 11 is 1.17. The van der Waals surface area contributed by atoms with E-state index in [0.717, 1.165) is 6.07 Å². The first-order chi connectivity index (χ1) is 9.97. The van der Waals surface area contributed by atoms with Gasteiger partial charge in [0.1, 0.15) is 5.51 Å². The van der Waals surface area contributed by atoms with E-state index in [0.29, 0.717) is 11.6 Å². The number of hydrogen-bond acceptors (Lipinski definition) is 4. The number of aromatic nitrogens is 2. The van der Waals surface area contributed by atoms with E-state index in [-0.39, 0.29) is 11.5 Å². The maximum atomic E-state index is 13.0. The molecule has 21 heavy (non-hydrogen) atoms. The molecule has 2 aromatic rings. The minimum absolute atomic E-state index is 0.183. The van der Waals surface area contributed by atoms with Crippen LogP contribution in [0.4, 0.5) is 18.3 Å². The van der Waals surface area contributed by atoms with Crippen LogP contribution in [0.3, 0.4) is 0 Å². The number of rotatable bonds is 3. The van der Waals surface area contributed by atoms with Crippen molar-refractivity contribution in [2.75, 3.05) is 5.32 Å². The van der Waals surface area contributed by atoms with Gasteiger partial charge >= 0.3 is 6.18 Å². The molecule has 4 nitrogen and oxygen atoms in total. The average Bonchev–Trinajstić information content (AvgIpc) is 3.08. The van der Waals surface area contributed by atoms with Gasteiger partial charge in [-0.15, -0.1) is 10.2 Å². The number of nitrogens with one attached hydrogen (secondary N) is 1. The fourth-order valence-electron chi connectivity index (χ4n) is 2.33. The van der Waals surface area contributed by atoms with Crippen molar-refractivity contribution < 1.29 is 18.0 Å². The Kier molecular flexibility index (Phi) is 3.40. The molecular weight excluding hydrogens is 303 g/mol. The normalized spacial score (nSPS) is 21.1. The largest absolute Gasteiger partial charge is 0.416 e. The number of anilines is 1. The molecule has 110 valence electrons. The number of benzene rings is 1. The van der Waals surface area contributed by atoms with Crippen molar-refractivity contribution in [2.24, 2.45) is 5.92 Å². The van der Waals surface area contributed by atoms with Crippen molar-refractivity contribution >= 4 is 22.4 Å². The molecule has 2 atom stereocenters. The maximum Gasteiger partial charge on any atom is 0.416 e. The van der Waals surface area contributed by atoms with E-state index in [2.05, 4.69) is 15.5 Å². The number of halogens is 3. The second-order valence-electron chi connectivity index (χ2n) is 4.77. The molecule has 1 aliphatic carbocycles.